The number of urea groups is 1. The number of carboxylic acids is 1. The minimum atomic E-state index is -0.995. The maximum absolute atomic E-state index is 12.3. The molecule has 1 saturated heterocycles. The normalized spacial score (nSPS) is 18.1. The lowest BCUT2D eigenvalue weighted by atomic mass is 10.3. The highest BCUT2D eigenvalue weighted by Crippen LogP contribution is 2.22. The van der Waals surface area contributed by atoms with E-state index in [0.29, 0.717) is 24.8 Å². The van der Waals surface area contributed by atoms with Gasteiger partial charge >= 0.3 is 12.0 Å². The average molecular weight is 287 g/mol. The van der Waals surface area contributed by atoms with Gasteiger partial charge in [0.25, 0.3) is 0 Å². The molecule has 1 fully saturated rings. The van der Waals surface area contributed by atoms with Gasteiger partial charge in [-0.25, -0.2) is 9.59 Å². The third kappa shape index (κ3) is 4.29. The van der Waals surface area contributed by atoms with Gasteiger partial charge < -0.3 is 19.6 Å². The van der Waals surface area contributed by atoms with Crippen molar-refractivity contribution in [3.63, 3.8) is 0 Å². The van der Waals surface area contributed by atoms with E-state index in [2.05, 4.69) is 0 Å². The maximum Gasteiger partial charge on any atom is 0.327 e. The minimum absolute atomic E-state index is 0.216. The van der Waals surface area contributed by atoms with Crippen LogP contribution in [0.5, 0.6) is 0 Å². The summed E-state index contributed by atoms with van der Waals surface area (Å²) in [5, 5.41) is 17.7. The van der Waals surface area contributed by atoms with E-state index >= 15 is 0 Å². The second-order valence-corrected chi connectivity index (χ2v) is 4.99. The number of amides is 2. The van der Waals surface area contributed by atoms with Crippen molar-refractivity contribution in [3.8, 4) is 6.07 Å². The Hall–Kier alpha value is -1.46. The van der Waals surface area contributed by atoms with E-state index < -0.39 is 12.0 Å². The molecule has 1 atom stereocenters. The van der Waals surface area contributed by atoms with Gasteiger partial charge in [-0.15, -0.1) is 11.8 Å². The fourth-order valence-corrected chi connectivity index (χ4v) is 2.85. The Morgan fingerprint density at radius 1 is 1.58 bits per heavy atom. The highest BCUT2D eigenvalue weighted by Gasteiger charge is 2.36. The van der Waals surface area contributed by atoms with Crippen molar-refractivity contribution in [2.24, 2.45) is 0 Å². The lowest BCUT2D eigenvalue weighted by Gasteiger charge is -2.29. The summed E-state index contributed by atoms with van der Waals surface area (Å²) in [6, 6.07) is 0.849. The van der Waals surface area contributed by atoms with Crippen LogP contribution in [0.4, 0.5) is 4.79 Å². The lowest BCUT2D eigenvalue weighted by Crippen LogP contribution is -2.49. The molecular weight excluding hydrogens is 270 g/mol. The number of aliphatic carboxylic acids is 1. The number of carboxylic acid groups (broad SMARTS) is 1. The fourth-order valence-electron chi connectivity index (χ4n) is 1.71. The molecule has 1 aliphatic heterocycles. The number of thioether (sulfide) groups is 1. The third-order valence-corrected chi connectivity index (χ3v) is 3.75. The van der Waals surface area contributed by atoms with Gasteiger partial charge in [0.15, 0.2) is 0 Å². The minimum Gasteiger partial charge on any atom is -0.480 e. The van der Waals surface area contributed by atoms with Crippen LogP contribution in [0.3, 0.4) is 0 Å². The molecule has 0 aliphatic carbocycles. The molecule has 0 radical (unpaired) electrons. The zero-order valence-electron chi connectivity index (χ0n) is 10.7. The summed E-state index contributed by atoms with van der Waals surface area (Å²) >= 11 is 1.41. The molecule has 1 unspecified atom stereocenters. The van der Waals surface area contributed by atoms with E-state index in [4.69, 9.17) is 15.1 Å². The molecule has 0 spiro atoms. The standard InChI is InChI=1S/C11H17N3O4S/c1-18-6-5-13(4-2-3-12)11(17)14-8-19-7-9(14)10(15)16/h9H,2,4-8H2,1H3,(H,15,16). The predicted octanol–water partition coefficient (Wildman–Crippen LogP) is 0.428. The number of nitriles is 1. The van der Waals surface area contributed by atoms with Crippen molar-refractivity contribution in [1.82, 2.24) is 9.80 Å². The third-order valence-electron chi connectivity index (χ3n) is 2.74. The SMILES string of the molecule is COCCN(CCC#N)C(=O)N1CSCC1C(=O)O. The Labute approximate surface area is 116 Å². The summed E-state index contributed by atoms with van der Waals surface area (Å²) in [5.74, 6) is -0.228. The van der Waals surface area contributed by atoms with Crippen LogP contribution >= 0.6 is 11.8 Å². The highest BCUT2D eigenvalue weighted by atomic mass is 32.2. The Kier molecular flexibility index (Phi) is 6.45. The van der Waals surface area contributed by atoms with Gasteiger partial charge in [-0.2, -0.15) is 5.26 Å². The van der Waals surface area contributed by atoms with Crippen molar-refractivity contribution >= 4 is 23.8 Å². The molecule has 1 rings (SSSR count). The number of methoxy groups -OCH3 is 1. The molecule has 0 saturated carbocycles. The zero-order chi connectivity index (χ0) is 14.3. The van der Waals surface area contributed by atoms with Crippen molar-refractivity contribution < 1.29 is 19.4 Å². The first-order valence-electron chi connectivity index (χ1n) is 5.83. The number of nitrogens with zero attached hydrogens (tertiary/aromatic N) is 3. The monoisotopic (exact) mass is 287 g/mol. The Morgan fingerprint density at radius 3 is 2.89 bits per heavy atom. The summed E-state index contributed by atoms with van der Waals surface area (Å²) in [6.45, 7) is 0.993. The Balaban J connectivity index is 2.68. The smallest absolute Gasteiger partial charge is 0.327 e. The first kappa shape index (κ1) is 15.6. The number of hydrogen-bond acceptors (Lipinski definition) is 5. The maximum atomic E-state index is 12.3. The van der Waals surface area contributed by atoms with Gasteiger partial charge in [0.1, 0.15) is 6.04 Å². The van der Waals surface area contributed by atoms with E-state index in [1.165, 1.54) is 28.7 Å². The van der Waals surface area contributed by atoms with Crippen LogP contribution < -0.4 is 0 Å². The van der Waals surface area contributed by atoms with E-state index in [9.17, 15) is 9.59 Å². The van der Waals surface area contributed by atoms with Crippen LogP contribution in [0.2, 0.25) is 0 Å². The van der Waals surface area contributed by atoms with E-state index in [1.54, 1.807) is 0 Å². The summed E-state index contributed by atoms with van der Waals surface area (Å²) in [4.78, 5) is 26.1. The van der Waals surface area contributed by atoms with E-state index in [1.807, 2.05) is 6.07 Å². The molecule has 7 nitrogen and oxygen atoms in total. The van der Waals surface area contributed by atoms with E-state index in [0.717, 1.165) is 0 Å². The van der Waals surface area contributed by atoms with Gasteiger partial charge in [-0.05, 0) is 0 Å². The zero-order valence-corrected chi connectivity index (χ0v) is 11.6. The number of rotatable bonds is 6. The topological polar surface area (TPSA) is 93.9 Å². The first-order chi connectivity index (χ1) is 9.11. The number of carbonyl (C=O) groups excluding carboxylic acids is 1. The van der Waals surface area contributed by atoms with Crippen LogP contribution in [0.25, 0.3) is 0 Å². The number of carbonyl (C=O) groups is 2. The van der Waals surface area contributed by atoms with Crippen molar-refractivity contribution in [1.29, 1.82) is 5.26 Å². The lowest BCUT2D eigenvalue weighted by molar-refractivity contribution is -0.140. The molecule has 0 bridgehead atoms. The van der Waals surface area contributed by atoms with Crippen molar-refractivity contribution in [2.45, 2.75) is 12.5 Å². The van der Waals surface area contributed by atoms with Gasteiger partial charge in [0.05, 0.1) is 25.0 Å². The van der Waals surface area contributed by atoms with E-state index in [-0.39, 0.29) is 19.0 Å². The van der Waals surface area contributed by atoms with Crippen LogP contribution in [0, 0.1) is 11.3 Å². The quantitative estimate of drug-likeness (QED) is 0.761. The summed E-state index contributed by atoms with van der Waals surface area (Å²) in [5.41, 5.74) is 0. The van der Waals surface area contributed by atoms with Crippen LogP contribution in [0.1, 0.15) is 6.42 Å². The second-order valence-electron chi connectivity index (χ2n) is 3.99. The van der Waals surface area contributed by atoms with Crippen LogP contribution in [-0.2, 0) is 9.53 Å². The molecule has 2 amide bonds. The molecule has 1 aliphatic rings. The molecule has 8 heteroatoms. The summed E-state index contributed by atoms with van der Waals surface area (Å²) < 4.78 is 4.92. The highest BCUT2D eigenvalue weighted by molar-refractivity contribution is 7.99. The van der Waals surface area contributed by atoms with Crippen molar-refractivity contribution in [2.75, 3.05) is 38.4 Å². The molecule has 1 N–H and O–H groups in total. The second kappa shape index (κ2) is 7.86. The molecular formula is C11H17N3O4S. The number of hydrogen-bond donors (Lipinski definition) is 1. The predicted molar refractivity (Wildman–Crippen MR) is 69.7 cm³/mol. The van der Waals surface area contributed by atoms with Gasteiger partial charge in [-0.1, -0.05) is 0 Å². The first-order valence-corrected chi connectivity index (χ1v) is 6.99. The van der Waals surface area contributed by atoms with Gasteiger partial charge in [-0.3, -0.25) is 0 Å². The molecule has 106 valence electrons. The average Bonchev–Trinajstić information content (AvgIpc) is 2.87. The molecule has 0 aromatic carbocycles. The van der Waals surface area contributed by atoms with Crippen LogP contribution in [-0.4, -0.2) is 71.4 Å². The van der Waals surface area contributed by atoms with Gasteiger partial charge in [0.2, 0.25) is 0 Å². The largest absolute Gasteiger partial charge is 0.480 e. The van der Waals surface area contributed by atoms with Crippen molar-refractivity contribution in [3.05, 3.63) is 0 Å². The molecule has 19 heavy (non-hydrogen) atoms. The number of ether oxygens (including phenoxy) is 1. The summed E-state index contributed by atoms with van der Waals surface area (Å²) in [7, 11) is 1.53. The van der Waals surface area contributed by atoms with Gasteiger partial charge in [0, 0.05) is 26.0 Å². The molecule has 0 aromatic rings. The Bertz CT molecular complexity index is 371. The molecule has 0 aromatic heterocycles. The fraction of sp³-hybridized carbons (Fsp3) is 0.727. The van der Waals surface area contributed by atoms with Crippen LogP contribution in [0.15, 0.2) is 0 Å². The molecule has 1 heterocycles. The summed E-state index contributed by atoms with van der Waals surface area (Å²) in [6.07, 6.45) is 0.216. The Morgan fingerprint density at radius 2 is 2.32 bits per heavy atom.